The number of nitrogens with one attached hydrogen (secondary N) is 2. The molecule has 3 atom stereocenters. The monoisotopic (exact) mass is 298 g/mol. The number of carbonyl (C=O) groups is 1. The Labute approximate surface area is 132 Å². The van der Waals surface area contributed by atoms with Crippen molar-refractivity contribution in [3.8, 4) is 0 Å². The Bertz CT molecular complexity index is 544. The van der Waals surface area contributed by atoms with Crippen LogP contribution in [-0.2, 0) is 17.6 Å². The number of amides is 1. The molecule has 1 aromatic carbocycles. The van der Waals surface area contributed by atoms with Crippen LogP contribution in [0.2, 0.25) is 0 Å². The van der Waals surface area contributed by atoms with Gasteiger partial charge >= 0.3 is 0 Å². The fourth-order valence-electron chi connectivity index (χ4n) is 4.67. The Morgan fingerprint density at radius 1 is 1.09 bits per heavy atom. The van der Waals surface area contributed by atoms with E-state index in [0.29, 0.717) is 30.5 Å². The van der Waals surface area contributed by atoms with Crippen LogP contribution in [0.3, 0.4) is 0 Å². The van der Waals surface area contributed by atoms with Gasteiger partial charge in [0.05, 0.1) is 0 Å². The predicted molar refractivity (Wildman–Crippen MR) is 87.7 cm³/mol. The van der Waals surface area contributed by atoms with Crippen molar-refractivity contribution in [1.29, 1.82) is 0 Å². The van der Waals surface area contributed by atoms with Crippen molar-refractivity contribution < 1.29 is 4.79 Å². The maximum absolute atomic E-state index is 12.4. The molecule has 0 radical (unpaired) electrons. The molecule has 0 spiro atoms. The van der Waals surface area contributed by atoms with Crippen LogP contribution in [-0.4, -0.2) is 24.0 Å². The van der Waals surface area contributed by atoms with Gasteiger partial charge in [-0.3, -0.25) is 4.79 Å². The fraction of sp³-hybridized carbons (Fsp3) is 0.632. The van der Waals surface area contributed by atoms with E-state index in [1.54, 1.807) is 0 Å². The van der Waals surface area contributed by atoms with Crippen molar-refractivity contribution in [1.82, 2.24) is 10.6 Å². The summed E-state index contributed by atoms with van der Waals surface area (Å²) in [5, 5.41) is 6.95. The van der Waals surface area contributed by atoms with Gasteiger partial charge in [0.2, 0.25) is 5.91 Å². The summed E-state index contributed by atoms with van der Waals surface area (Å²) in [5.74, 6) is 0.795. The predicted octanol–water partition coefficient (Wildman–Crippen LogP) is 2.58. The summed E-state index contributed by atoms with van der Waals surface area (Å²) >= 11 is 0. The Morgan fingerprint density at radius 3 is 2.59 bits per heavy atom. The van der Waals surface area contributed by atoms with Gasteiger partial charge in [-0.05, 0) is 62.0 Å². The zero-order valence-corrected chi connectivity index (χ0v) is 13.2. The molecule has 3 heteroatoms. The summed E-state index contributed by atoms with van der Waals surface area (Å²) < 4.78 is 0. The lowest BCUT2D eigenvalue weighted by Gasteiger charge is -2.30. The highest BCUT2D eigenvalue weighted by atomic mass is 16.1. The molecule has 2 N–H and O–H groups in total. The number of piperidine rings is 1. The van der Waals surface area contributed by atoms with Crippen LogP contribution < -0.4 is 10.6 Å². The van der Waals surface area contributed by atoms with Gasteiger partial charge in [0, 0.05) is 24.5 Å². The second-order valence-electron chi connectivity index (χ2n) is 7.46. The summed E-state index contributed by atoms with van der Waals surface area (Å²) in [6.45, 7) is 0. The number of benzene rings is 1. The summed E-state index contributed by atoms with van der Waals surface area (Å²) in [6.07, 6.45) is 8.88. The first-order valence-electron chi connectivity index (χ1n) is 8.88. The van der Waals surface area contributed by atoms with Gasteiger partial charge in [-0.15, -0.1) is 0 Å². The highest BCUT2D eigenvalue weighted by Crippen LogP contribution is 2.29. The molecular weight excluding hydrogens is 272 g/mol. The van der Waals surface area contributed by atoms with Crippen LogP contribution in [0.4, 0.5) is 0 Å². The zero-order chi connectivity index (χ0) is 14.9. The number of rotatable bonds is 3. The number of hydrogen-bond acceptors (Lipinski definition) is 2. The van der Waals surface area contributed by atoms with E-state index < -0.39 is 0 Å². The molecule has 2 saturated heterocycles. The van der Waals surface area contributed by atoms with E-state index in [0.717, 1.165) is 32.1 Å². The first-order chi connectivity index (χ1) is 10.8. The van der Waals surface area contributed by atoms with Crippen LogP contribution in [0.5, 0.6) is 0 Å². The SMILES string of the molecule is O=C(CC1CCc2ccccc2C1)NC1CC2CCC(C1)N2. The van der Waals surface area contributed by atoms with Crippen molar-refractivity contribution in [3.63, 3.8) is 0 Å². The van der Waals surface area contributed by atoms with Gasteiger partial charge < -0.3 is 10.6 Å². The largest absolute Gasteiger partial charge is 0.353 e. The summed E-state index contributed by atoms with van der Waals surface area (Å²) in [6, 6.07) is 10.4. The van der Waals surface area contributed by atoms with Gasteiger partial charge in [0.25, 0.3) is 0 Å². The molecular formula is C19H26N2O. The minimum atomic E-state index is 0.274. The molecule has 1 amide bonds. The van der Waals surface area contributed by atoms with E-state index in [1.807, 2.05) is 0 Å². The third-order valence-electron chi connectivity index (χ3n) is 5.76. The topological polar surface area (TPSA) is 41.1 Å². The molecule has 118 valence electrons. The minimum Gasteiger partial charge on any atom is -0.353 e. The summed E-state index contributed by atoms with van der Waals surface area (Å²) in [4.78, 5) is 12.4. The van der Waals surface area contributed by atoms with Crippen LogP contribution >= 0.6 is 0 Å². The first-order valence-corrected chi connectivity index (χ1v) is 8.88. The third kappa shape index (κ3) is 3.05. The molecule has 3 unspecified atom stereocenters. The second kappa shape index (κ2) is 6.04. The Morgan fingerprint density at radius 2 is 1.82 bits per heavy atom. The van der Waals surface area contributed by atoms with E-state index in [4.69, 9.17) is 0 Å². The van der Waals surface area contributed by atoms with Gasteiger partial charge in [-0.2, -0.15) is 0 Å². The number of carbonyl (C=O) groups excluding carboxylic acids is 1. The number of aryl methyl sites for hydroxylation is 1. The molecule has 3 aliphatic rings. The lowest BCUT2D eigenvalue weighted by atomic mass is 9.82. The standard InChI is InChI=1S/C19H26N2O/c22-19(21-18-11-16-7-8-17(12-18)20-16)10-13-5-6-14-3-1-2-4-15(14)9-13/h1-4,13,16-18,20H,5-12H2,(H,21,22). The quantitative estimate of drug-likeness (QED) is 0.900. The Hall–Kier alpha value is -1.35. The lowest BCUT2D eigenvalue weighted by Crippen LogP contribution is -2.48. The number of hydrogen-bond donors (Lipinski definition) is 2. The molecule has 3 nitrogen and oxygen atoms in total. The van der Waals surface area contributed by atoms with E-state index in [1.165, 1.54) is 24.0 Å². The van der Waals surface area contributed by atoms with Crippen LogP contribution in [0.1, 0.15) is 49.7 Å². The molecule has 0 aromatic heterocycles. The zero-order valence-electron chi connectivity index (χ0n) is 13.2. The second-order valence-corrected chi connectivity index (χ2v) is 7.46. The van der Waals surface area contributed by atoms with Crippen LogP contribution in [0.25, 0.3) is 0 Å². The minimum absolute atomic E-state index is 0.274. The average molecular weight is 298 g/mol. The maximum atomic E-state index is 12.4. The molecule has 0 saturated carbocycles. The summed E-state index contributed by atoms with van der Waals surface area (Å²) in [7, 11) is 0. The first kappa shape index (κ1) is 14.3. The lowest BCUT2D eigenvalue weighted by molar-refractivity contribution is -0.123. The average Bonchev–Trinajstić information content (AvgIpc) is 2.86. The van der Waals surface area contributed by atoms with Gasteiger partial charge in [-0.1, -0.05) is 24.3 Å². The summed E-state index contributed by atoms with van der Waals surface area (Å²) in [5.41, 5.74) is 2.93. The van der Waals surface area contributed by atoms with E-state index in [-0.39, 0.29) is 5.91 Å². The highest BCUT2D eigenvalue weighted by molar-refractivity contribution is 5.76. The van der Waals surface area contributed by atoms with Crippen LogP contribution in [0.15, 0.2) is 24.3 Å². The molecule has 4 rings (SSSR count). The van der Waals surface area contributed by atoms with Crippen LogP contribution in [0, 0.1) is 5.92 Å². The van der Waals surface area contributed by atoms with Crippen molar-refractivity contribution in [2.24, 2.45) is 5.92 Å². The van der Waals surface area contributed by atoms with Crippen molar-refractivity contribution >= 4 is 5.91 Å². The Balaban J connectivity index is 1.30. The molecule has 1 aromatic rings. The van der Waals surface area contributed by atoms with Crippen molar-refractivity contribution in [3.05, 3.63) is 35.4 Å². The third-order valence-corrected chi connectivity index (χ3v) is 5.76. The van der Waals surface area contributed by atoms with Gasteiger partial charge in [0.1, 0.15) is 0 Å². The molecule has 2 heterocycles. The van der Waals surface area contributed by atoms with E-state index in [2.05, 4.69) is 34.9 Å². The van der Waals surface area contributed by atoms with Crippen molar-refractivity contribution in [2.75, 3.05) is 0 Å². The molecule has 2 fully saturated rings. The van der Waals surface area contributed by atoms with E-state index in [9.17, 15) is 4.79 Å². The van der Waals surface area contributed by atoms with E-state index >= 15 is 0 Å². The van der Waals surface area contributed by atoms with Gasteiger partial charge in [0.15, 0.2) is 0 Å². The van der Waals surface area contributed by atoms with Gasteiger partial charge in [-0.25, -0.2) is 0 Å². The molecule has 2 bridgehead atoms. The fourth-order valence-corrected chi connectivity index (χ4v) is 4.67. The van der Waals surface area contributed by atoms with Crippen molar-refractivity contribution in [2.45, 2.75) is 69.5 Å². The highest BCUT2D eigenvalue weighted by Gasteiger charge is 2.34. The smallest absolute Gasteiger partial charge is 0.220 e. The maximum Gasteiger partial charge on any atom is 0.220 e. The molecule has 1 aliphatic carbocycles. The molecule has 22 heavy (non-hydrogen) atoms. The normalized spacial score (nSPS) is 33.3. The number of fused-ring (bicyclic) bond motifs is 3. The Kier molecular flexibility index (Phi) is 3.91. The molecule has 2 aliphatic heterocycles.